The van der Waals surface area contributed by atoms with Crippen LogP contribution in [0, 0.1) is 0 Å². The number of hydrogen-bond donors (Lipinski definition) is 1. The predicted octanol–water partition coefficient (Wildman–Crippen LogP) is 4.37. The van der Waals surface area contributed by atoms with Crippen LogP contribution in [0.5, 0.6) is 0 Å². The van der Waals surface area contributed by atoms with Crippen LogP contribution in [0.4, 0.5) is 5.69 Å². The Morgan fingerprint density at radius 2 is 1.86 bits per heavy atom. The lowest BCUT2D eigenvalue weighted by Gasteiger charge is -2.10. The Balaban J connectivity index is 1.76. The maximum atomic E-state index is 12.4. The number of nitrogens with one attached hydrogen (secondary N) is 1. The van der Waals surface area contributed by atoms with E-state index in [9.17, 15) is 13.2 Å². The third-order valence-corrected chi connectivity index (χ3v) is 6.91. The smallest absolute Gasteiger partial charge is 0.228 e. The van der Waals surface area contributed by atoms with E-state index in [1.165, 1.54) is 12.1 Å². The van der Waals surface area contributed by atoms with E-state index in [1.54, 1.807) is 55.3 Å². The molecule has 0 bridgehead atoms. The van der Waals surface area contributed by atoms with E-state index in [-0.39, 0.29) is 23.0 Å². The van der Waals surface area contributed by atoms with Gasteiger partial charge in [-0.3, -0.25) is 9.48 Å². The van der Waals surface area contributed by atoms with Gasteiger partial charge in [-0.2, -0.15) is 5.10 Å². The van der Waals surface area contributed by atoms with Gasteiger partial charge in [-0.05, 0) is 29.8 Å². The lowest BCUT2D eigenvalue weighted by atomic mass is 10.1. The van der Waals surface area contributed by atoms with E-state index >= 15 is 0 Å². The van der Waals surface area contributed by atoms with Crippen molar-refractivity contribution in [2.75, 3.05) is 11.1 Å². The number of halogens is 2. The molecule has 1 heterocycles. The van der Waals surface area contributed by atoms with Gasteiger partial charge in [0.25, 0.3) is 0 Å². The first kappa shape index (κ1) is 21.4. The first-order valence-electron chi connectivity index (χ1n) is 8.79. The Morgan fingerprint density at radius 3 is 2.45 bits per heavy atom. The number of nitrogens with zero attached hydrogens (tertiary/aromatic N) is 2. The van der Waals surface area contributed by atoms with Crippen LogP contribution in [0.2, 0.25) is 10.0 Å². The van der Waals surface area contributed by atoms with Gasteiger partial charge in [0.1, 0.15) is 0 Å². The summed E-state index contributed by atoms with van der Waals surface area (Å²) in [6.07, 6.45) is 3.55. The van der Waals surface area contributed by atoms with Crippen LogP contribution in [0.3, 0.4) is 0 Å². The number of aryl methyl sites for hydroxylation is 1. The summed E-state index contributed by atoms with van der Waals surface area (Å²) in [5.74, 6) is -0.227. The summed E-state index contributed by atoms with van der Waals surface area (Å²) in [5.41, 5.74) is 2.65. The first-order valence-corrected chi connectivity index (χ1v) is 11.2. The van der Waals surface area contributed by atoms with E-state index < -0.39 is 9.84 Å². The molecule has 3 aromatic rings. The highest BCUT2D eigenvalue weighted by molar-refractivity contribution is 7.91. The highest BCUT2D eigenvalue weighted by Crippen LogP contribution is 2.36. The molecule has 0 fully saturated rings. The molecular formula is C20H19Cl2N3O3S. The number of anilines is 1. The molecule has 9 heteroatoms. The standard InChI is InChI=1S/C20H19Cl2N3O3S/c1-3-29(27,28)16-6-4-13(5-7-16)8-19(26)24-15-9-17(20(22)18(21)10-15)14-11-23-25(2)12-14/h4-7,9-12H,3,8H2,1-2H3,(H,24,26). The second kappa shape index (κ2) is 8.57. The van der Waals surface area contributed by atoms with Gasteiger partial charge in [0.05, 0.1) is 33.3 Å². The molecule has 0 aliphatic carbocycles. The molecule has 1 N–H and O–H groups in total. The monoisotopic (exact) mass is 451 g/mol. The average molecular weight is 452 g/mol. The first-order chi connectivity index (χ1) is 13.7. The molecule has 1 amide bonds. The fourth-order valence-corrected chi connectivity index (χ4v) is 4.13. The zero-order valence-electron chi connectivity index (χ0n) is 15.8. The van der Waals surface area contributed by atoms with Gasteiger partial charge < -0.3 is 5.32 Å². The van der Waals surface area contributed by atoms with Gasteiger partial charge in [0.2, 0.25) is 5.91 Å². The molecule has 29 heavy (non-hydrogen) atoms. The van der Waals surface area contributed by atoms with E-state index in [4.69, 9.17) is 23.2 Å². The molecule has 0 spiro atoms. The molecule has 0 atom stereocenters. The summed E-state index contributed by atoms with van der Waals surface area (Å²) in [6, 6.07) is 9.62. The summed E-state index contributed by atoms with van der Waals surface area (Å²) >= 11 is 12.5. The minimum absolute atomic E-state index is 0.0312. The number of sulfone groups is 1. The SMILES string of the molecule is CCS(=O)(=O)c1ccc(CC(=O)Nc2cc(Cl)c(Cl)c(-c3cnn(C)c3)c2)cc1. The summed E-state index contributed by atoms with van der Waals surface area (Å²) < 4.78 is 25.4. The Morgan fingerprint density at radius 1 is 1.17 bits per heavy atom. The zero-order valence-corrected chi connectivity index (χ0v) is 18.1. The highest BCUT2D eigenvalue weighted by atomic mass is 35.5. The van der Waals surface area contributed by atoms with Crippen molar-refractivity contribution in [3.63, 3.8) is 0 Å². The Labute approximate surface area is 179 Å². The quantitative estimate of drug-likeness (QED) is 0.603. The number of hydrogen-bond acceptors (Lipinski definition) is 4. The maximum Gasteiger partial charge on any atom is 0.228 e. The van der Waals surface area contributed by atoms with Gasteiger partial charge >= 0.3 is 0 Å². The maximum absolute atomic E-state index is 12.4. The van der Waals surface area contributed by atoms with Crippen LogP contribution < -0.4 is 5.32 Å². The number of amides is 1. The van der Waals surface area contributed by atoms with Crippen molar-refractivity contribution in [2.45, 2.75) is 18.2 Å². The molecule has 0 saturated carbocycles. The molecule has 0 radical (unpaired) electrons. The Hall–Kier alpha value is -2.35. The van der Waals surface area contributed by atoms with E-state index in [2.05, 4.69) is 10.4 Å². The number of carbonyl (C=O) groups is 1. The van der Waals surface area contributed by atoms with Gasteiger partial charge in [0, 0.05) is 30.1 Å². The van der Waals surface area contributed by atoms with Crippen molar-refractivity contribution in [1.29, 1.82) is 0 Å². The molecule has 0 aliphatic rings. The van der Waals surface area contributed by atoms with Crippen molar-refractivity contribution in [3.8, 4) is 11.1 Å². The van der Waals surface area contributed by atoms with Crippen LogP contribution in [0.1, 0.15) is 12.5 Å². The number of aromatic nitrogens is 2. The van der Waals surface area contributed by atoms with Gasteiger partial charge in [0.15, 0.2) is 9.84 Å². The van der Waals surface area contributed by atoms with Crippen LogP contribution in [-0.4, -0.2) is 29.9 Å². The zero-order chi connectivity index (χ0) is 21.2. The fraction of sp³-hybridized carbons (Fsp3) is 0.200. The lowest BCUT2D eigenvalue weighted by molar-refractivity contribution is -0.115. The number of carbonyl (C=O) groups excluding carboxylic acids is 1. The van der Waals surface area contributed by atoms with Gasteiger partial charge in [-0.25, -0.2) is 8.42 Å². The summed E-state index contributed by atoms with van der Waals surface area (Å²) in [5, 5.41) is 7.63. The van der Waals surface area contributed by atoms with E-state index in [0.717, 1.165) is 5.56 Å². The van der Waals surface area contributed by atoms with Crippen LogP contribution in [-0.2, 0) is 28.1 Å². The van der Waals surface area contributed by atoms with Crippen molar-refractivity contribution < 1.29 is 13.2 Å². The molecule has 1 aromatic heterocycles. The minimum Gasteiger partial charge on any atom is -0.326 e. The second-order valence-corrected chi connectivity index (χ2v) is 9.56. The summed E-state index contributed by atoms with van der Waals surface area (Å²) in [7, 11) is -1.47. The van der Waals surface area contributed by atoms with Gasteiger partial charge in [-0.1, -0.05) is 42.3 Å². The normalized spacial score (nSPS) is 11.4. The molecule has 0 saturated heterocycles. The van der Waals surface area contributed by atoms with Crippen molar-refractivity contribution >= 4 is 44.6 Å². The van der Waals surface area contributed by atoms with Crippen molar-refractivity contribution in [2.24, 2.45) is 7.05 Å². The molecule has 6 nitrogen and oxygen atoms in total. The Kier molecular flexibility index (Phi) is 6.31. The largest absolute Gasteiger partial charge is 0.326 e. The van der Waals surface area contributed by atoms with Crippen LogP contribution in [0.15, 0.2) is 53.7 Å². The fourth-order valence-electron chi connectivity index (χ4n) is 2.80. The van der Waals surface area contributed by atoms with E-state index in [0.29, 0.717) is 26.9 Å². The highest BCUT2D eigenvalue weighted by Gasteiger charge is 2.14. The lowest BCUT2D eigenvalue weighted by Crippen LogP contribution is -2.14. The van der Waals surface area contributed by atoms with Gasteiger partial charge in [-0.15, -0.1) is 0 Å². The van der Waals surface area contributed by atoms with Crippen molar-refractivity contribution in [1.82, 2.24) is 9.78 Å². The average Bonchev–Trinajstić information content (AvgIpc) is 3.11. The third-order valence-electron chi connectivity index (χ3n) is 4.36. The second-order valence-electron chi connectivity index (χ2n) is 6.49. The summed E-state index contributed by atoms with van der Waals surface area (Å²) in [4.78, 5) is 12.7. The topological polar surface area (TPSA) is 81.1 Å². The summed E-state index contributed by atoms with van der Waals surface area (Å²) in [6.45, 7) is 1.59. The van der Waals surface area contributed by atoms with Crippen LogP contribution in [0.25, 0.3) is 11.1 Å². The molecule has 0 unspecified atom stereocenters. The molecular weight excluding hydrogens is 433 g/mol. The number of benzene rings is 2. The Bertz CT molecular complexity index is 1160. The van der Waals surface area contributed by atoms with E-state index in [1.807, 2.05) is 0 Å². The van der Waals surface area contributed by atoms with Crippen molar-refractivity contribution in [3.05, 3.63) is 64.4 Å². The number of rotatable bonds is 6. The molecule has 2 aromatic carbocycles. The third kappa shape index (κ3) is 4.98. The van der Waals surface area contributed by atoms with Crippen LogP contribution >= 0.6 is 23.2 Å². The molecule has 3 rings (SSSR count). The molecule has 152 valence electrons. The predicted molar refractivity (Wildman–Crippen MR) is 115 cm³/mol. The minimum atomic E-state index is -3.26. The molecule has 0 aliphatic heterocycles.